The molecule has 0 N–H and O–H groups in total. The van der Waals surface area contributed by atoms with Crippen LogP contribution in [-0.2, 0) is 17.8 Å². The number of halogens is 1. The van der Waals surface area contributed by atoms with Crippen molar-refractivity contribution in [2.24, 2.45) is 0 Å². The van der Waals surface area contributed by atoms with Crippen molar-refractivity contribution >= 4 is 23.4 Å². The minimum absolute atomic E-state index is 0.0284. The summed E-state index contributed by atoms with van der Waals surface area (Å²) in [5.41, 5.74) is 3.26. The fourth-order valence-electron chi connectivity index (χ4n) is 3.03. The summed E-state index contributed by atoms with van der Waals surface area (Å²) < 4.78 is 15.1. The van der Waals surface area contributed by atoms with Crippen molar-refractivity contribution in [3.63, 3.8) is 0 Å². The van der Waals surface area contributed by atoms with Crippen molar-refractivity contribution in [1.29, 1.82) is 0 Å². The highest BCUT2D eigenvalue weighted by Gasteiger charge is 2.19. The molecule has 0 unspecified atom stereocenters. The molecule has 0 bridgehead atoms. The van der Waals surface area contributed by atoms with Crippen LogP contribution in [0.4, 0.5) is 4.39 Å². The first-order valence-corrected chi connectivity index (χ1v) is 9.94. The molecule has 3 aromatic rings. The van der Waals surface area contributed by atoms with E-state index in [0.29, 0.717) is 24.0 Å². The number of hydrogen-bond acceptors (Lipinski definition) is 5. The minimum atomic E-state index is -0.298. The lowest BCUT2D eigenvalue weighted by atomic mass is 10.1. The summed E-state index contributed by atoms with van der Waals surface area (Å²) in [6.45, 7) is 6.64. The second-order valence-electron chi connectivity index (χ2n) is 6.29. The number of thioether (sulfide) groups is 1. The van der Waals surface area contributed by atoms with Crippen molar-refractivity contribution in [3.8, 4) is 0 Å². The number of hydrogen-bond donors (Lipinski definition) is 0. The van der Waals surface area contributed by atoms with Crippen LogP contribution < -0.4 is 0 Å². The molecule has 2 heterocycles. The second kappa shape index (κ2) is 8.04. The van der Waals surface area contributed by atoms with Crippen molar-refractivity contribution < 1.29 is 9.18 Å². The van der Waals surface area contributed by atoms with Crippen LogP contribution in [0.15, 0.2) is 29.4 Å². The molecular weight excluding hydrogens is 365 g/mol. The van der Waals surface area contributed by atoms with Gasteiger partial charge in [0.2, 0.25) is 11.1 Å². The Kier molecular flexibility index (Phi) is 5.74. The Morgan fingerprint density at radius 1 is 1.30 bits per heavy atom. The fraction of sp³-hybridized carbons (Fsp3) is 0.368. The predicted octanol–water partition coefficient (Wildman–Crippen LogP) is 3.19. The van der Waals surface area contributed by atoms with Gasteiger partial charge in [0.05, 0.1) is 6.42 Å². The standard InChI is InChI=1S/C19H22FN5OS/c1-5-24(11-14-7-6-8-15(20)9-14)17(26)10-16-12(2)21-18-22-19(27-4)23-25(18)13(16)3/h6-9H,5,10-11H2,1-4H3. The number of rotatable bonds is 6. The normalized spacial score (nSPS) is 11.1. The largest absolute Gasteiger partial charge is 0.338 e. The van der Waals surface area contributed by atoms with Gasteiger partial charge in [0, 0.05) is 30.0 Å². The summed E-state index contributed by atoms with van der Waals surface area (Å²) in [6, 6.07) is 6.33. The van der Waals surface area contributed by atoms with E-state index < -0.39 is 0 Å². The minimum Gasteiger partial charge on any atom is -0.338 e. The van der Waals surface area contributed by atoms with Crippen molar-refractivity contribution in [2.75, 3.05) is 12.8 Å². The lowest BCUT2D eigenvalue weighted by molar-refractivity contribution is -0.130. The van der Waals surface area contributed by atoms with Gasteiger partial charge in [-0.25, -0.2) is 13.9 Å². The first-order valence-electron chi connectivity index (χ1n) is 8.72. The number of fused-ring (bicyclic) bond motifs is 1. The van der Waals surface area contributed by atoms with Crippen LogP contribution in [0.3, 0.4) is 0 Å². The first kappa shape index (κ1) is 19.3. The predicted molar refractivity (Wildman–Crippen MR) is 103 cm³/mol. The molecule has 0 aliphatic heterocycles. The zero-order valence-corrected chi connectivity index (χ0v) is 16.7. The number of benzene rings is 1. The molecule has 0 aliphatic rings. The SMILES string of the molecule is CCN(Cc1cccc(F)c1)C(=O)Cc1c(C)nc2nc(SC)nn2c1C. The smallest absolute Gasteiger partial charge is 0.253 e. The average Bonchev–Trinajstić information content (AvgIpc) is 3.06. The lowest BCUT2D eigenvalue weighted by Crippen LogP contribution is -2.32. The maximum absolute atomic E-state index is 13.4. The first-order chi connectivity index (χ1) is 12.9. The van der Waals surface area contributed by atoms with Crippen LogP contribution in [0.25, 0.3) is 5.78 Å². The Balaban J connectivity index is 1.85. The molecule has 2 aromatic heterocycles. The third-order valence-corrected chi connectivity index (χ3v) is 5.08. The highest BCUT2D eigenvalue weighted by molar-refractivity contribution is 7.98. The third kappa shape index (κ3) is 4.10. The molecule has 1 amide bonds. The second-order valence-corrected chi connectivity index (χ2v) is 7.06. The Labute approximate surface area is 161 Å². The highest BCUT2D eigenvalue weighted by Crippen LogP contribution is 2.18. The molecule has 0 fully saturated rings. The van der Waals surface area contributed by atoms with Gasteiger partial charge in [-0.3, -0.25) is 4.79 Å². The molecule has 0 aliphatic carbocycles. The molecule has 8 heteroatoms. The quantitative estimate of drug-likeness (QED) is 0.608. The van der Waals surface area contributed by atoms with Gasteiger partial charge in [-0.05, 0) is 44.7 Å². The van der Waals surface area contributed by atoms with Gasteiger partial charge in [-0.15, -0.1) is 5.10 Å². The molecule has 1 aromatic carbocycles. The van der Waals surface area contributed by atoms with E-state index in [4.69, 9.17) is 0 Å². The maximum atomic E-state index is 13.4. The Hall–Kier alpha value is -2.48. The molecule has 0 atom stereocenters. The van der Waals surface area contributed by atoms with Gasteiger partial charge in [0.15, 0.2) is 0 Å². The van der Waals surface area contributed by atoms with E-state index in [1.807, 2.05) is 33.1 Å². The maximum Gasteiger partial charge on any atom is 0.253 e. The summed E-state index contributed by atoms with van der Waals surface area (Å²) in [5, 5.41) is 5.07. The van der Waals surface area contributed by atoms with Crippen LogP contribution in [0.2, 0.25) is 0 Å². The molecule has 0 saturated carbocycles. The van der Waals surface area contributed by atoms with Crippen LogP contribution in [0.5, 0.6) is 0 Å². The monoisotopic (exact) mass is 387 g/mol. The van der Waals surface area contributed by atoms with E-state index in [0.717, 1.165) is 22.5 Å². The Morgan fingerprint density at radius 3 is 2.74 bits per heavy atom. The molecular formula is C19H22FN5OS. The zero-order valence-electron chi connectivity index (χ0n) is 15.9. The molecule has 27 heavy (non-hydrogen) atoms. The molecule has 0 saturated heterocycles. The van der Waals surface area contributed by atoms with Gasteiger partial charge >= 0.3 is 0 Å². The summed E-state index contributed by atoms with van der Waals surface area (Å²) in [5.74, 6) is 0.213. The van der Waals surface area contributed by atoms with E-state index in [-0.39, 0.29) is 18.1 Å². The molecule has 3 rings (SSSR count). The number of carbonyl (C=O) groups is 1. The fourth-order valence-corrected chi connectivity index (χ4v) is 3.36. The lowest BCUT2D eigenvalue weighted by Gasteiger charge is -2.22. The number of nitrogens with zero attached hydrogens (tertiary/aromatic N) is 5. The van der Waals surface area contributed by atoms with E-state index in [9.17, 15) is 9.18 Å². The third-order valence-electron chi connectivity index (χ3n) is 4.54. The summed E-state index contributed by atoms with van der Waals surface area (Å²) in [6.07, 6.45) is 2.13. The van der Waals surface area contributed by atoms with Crippen LogP contribution in [0, 0.1) is 19.7 Å². The number of likely N-dealkylation sites (N-methyl/N-ethyl adjacent to an activating group) is 1. The molecule has 0 radical (unpaired) electrons. The van der Waals surface area contributed by atoms with Gasteiger partial charge in [-0.1, -0.05) is 23.9 Å². The van der Waals surface area contributed by atoms with Crippen LogP contribution >= 0.6 is 11.8 Å². The van der Waals surface area contributed by atoms with Gasteiger partial charge in [0.1, 0.15) is 5.82 Å². The summed E-state index contributed by atoms with van der Waals surface area (Å²) in [4.78, 5) is 23.5. The number of amides is 1. The van der Waals surface area contributed by atoms with Crippen LogP contribution in [0.1, 0.15) is 29.4 Å². The molecule has 6 nitrogen and oxygen atoms in total. The van der Waals surface area contributed by atoms with Crippen molar-refractivity contribution in [3.05, 3.63) is 52.6 Å². The highest BCUT2D eigenvalue weighted by atomic mass is 32.2. The van der Waals surface area contributed by atoms with E-state index in [1.54, 1.807) is 15.5 Å². The van der Waals surface area contributed by atoms with E-state index in [2.05, 4.69) is 15.1 Å². The van der Waals surface area contributed by atoms with Crippen LogP contribution in [-0.4, -0.2) is 43.2 Å². The summed E-state index contributed by atoms with van der Waals surface area (Å²) in [7, 11) is 0. The zero-order chi connectivity index (χ0) is 19.6. The Morgan fingerprint density at radius 2 is 2.07 bits per heavy atom. The van der Waals surface area contributed by atoms with E-state index >= 15 is 0 Å². The van der Waals surface area contributed by atoms with Gasteiger partial charge in [0.25, 0.3) is 5.78 Å². The van der Waals surface area contributed by atoms with Crippen molar-refractivity contribution in [1.82, 2.24) is 24.5 Å². The summed E-state index contributed by atoms with van der Waals surface area (Å²) >= 11 is 1.45. The average molecular weight is 387 g/mol. The molecule has 0 spiro atoms. The Bertz CT molecular complexity index is 988. The number of carbonyl (C=O) groups excluding carboxylic acids is 1. The van der Waals surface area contributed by atoms with E-state index in [1.165, 1.54) is 23.9 Å². The number of aromatic nitrogens is 4. The van der Waals surface area contributed by atoms with Gasteiger partial charge in [-0.2, -0.15) is 4.98 Å². The van der Waals surface area contributed by atoms with Gasteiger partial charge < -0.3 is 4.90 Å². The topological polar surface area (TPSA) is 63.4 Å². The van der Waals surface area contributed by atoms with Crippen molar-refractivity contribution in [2.45, 2.75) is 38.9 Å². The molecule has 142 valence electrons. The number of aryl methyl sites for hydroxylation is 2.